The molecule has 0 radical (unpaired) electrons. The third-order valence-electron chi connectivity index (χ3n) is 5.51. The zero-order chi connectivity index (χ0) is 18.4. The van der Waals surface area contributed by atoms with Crippen LogP contribution in [0.15, 0.2) is 24.3 Å². The van der Waals surface area contributed by atoms with Gasteiger partial charge in [0.05, 0.1) is 13.2 Å². The molecule has 6 heteroatoms. The summed E-state index contributed by atoms with van der Waals surface area (Å²) in [6, 6.07) is 7.02. The molecular weight excluding hydrogens is 330 g/mol. The van der Waals surface area contributed by atoms with Gasteiger partial charge in [-0.15, -0.1) is 0 Å². The molecule has 1 aromatic carbocycles. The third-order valence-corrected chi connectivity index (χ3v) is 5.51. The van der Waals surface area contributed by atoms with Crippen LogP contribution in [0.1, 0.15) is 49.4 Å². The van der Waals surface area contributed by atoms with Gasteiger partial charge in [-0.2, -0.15) is 0 Å². The number of carbonyl (C=O) groups excluding carboxylic acids is 2. The predicted octanol–water partition coefficient (Wildman–Crippen LogP) is 2.41. The van der Waals surface area contributed by atoms with Gasteiger partial charge in [0.1, 0.15) is 0 Å². The minimum Gasteiger partial charge on any atom is -0.379 e. The maximum absolute atomic E-state index is 12.6. The van der Waals surface area contributed by atoms with Gasteiger partial charge in [-0.1, -0.05) is 19.3 Å². The normalized spacial score (nSPS) is 20.3. The molecule has 2 N–H and O–H groups in total. The van der Waals surface area contributed by atoms with E-state index in [1.54, 1.807) is 24.3 Å². The molecule has 1 saturated heterocycles. The summed E-state index contributed by atoms with van der Waals surface area (Å²) in [5, 5.41) is 5.87. The lowest BCUT2D eigenvalue weighted by Gasteiger charge is -2.48. The van der Waals surface area contributed by atoms with E-state index in [4.69, 9.17) is 4.74 Å². The average Bonchev–Trinajstić information content (AvgIpc) is 2.68. The molecule has 6 nitrogen and oxygen atoms in total. The average molecular weight is 359 g/mol. The van der Waals surface area contributed by atoms with E-state index >= 15 is 0 Å². The lowest BCUT2D eigenvalue weighted by molar-refractivity contribution is -0.114. The highest BCUT2D eigenvalue weighted by atomic mass is 16.5. The second kappa shape index (κ2) is 8.64. The van der Waals surface area contributed by atoms with Gasteiger partial charge < -0.3 is 15.4 Å². The lowest BCUT2D eigenvalue weighted by Crippen LogP contribution is -2.59. The Morgan fingerprint density at radius 2 is 1.73 bits per heavy atom. The van der Waals surface area contributed by atoms with E-state index in [9.17, 15) is 9.59 Å². The van der Waals surface area contributed by atoms with Crippen LogP contribution in [0.3, 0.4) is 0 Å². The van der Waals surface area contributed by atoms with Crippen LogP contribution in [0.25, 0.3) is 0 Å². The number of rotatable bonds is 5. The molecule has 3 rings (SSSR count). The Kier molecular flexibility index (Phi) is 6.27. The van der Waals surface area contributed by atoms with E-state index in [1.807, 2.05) is 0 Å². The standard InChI is InChI=1S/C20H29N3O3/c1-16(24)22-18-7-5-17(6-8-18)19(25)21-15-20(9-3-2-4-10-20)23-11-13-26-14-12-23/h5-8H,2-4,9-15H2,1H3,(H,21,25)(H,22,24). The van der Waals surface area contributed by atoms with Crippen LogP contribution in [0, 0.1) is 0 Å². The van der Waals surface area contributed by atoms with Crippen LogP contribution >= 0.6 is 0 Å². The monoisotopic (exact) mass is 359 g/mol. The number of carbonyl (C=O) groups is 2. The fraction of sp³-hybridized carbons (Fsp3) is 0.600. The highest BCUT2D eigenvalue weighted by Gasteiger charge is 2.38. The van der Waals surface area contributed by atoms with E-state index in [-0.39, 0.29) is 17.4 Å². The number of nitrogens with one attached hydrogen (secondary N) is 2. The summed E-state index contributed by atoms with van der Waals surface area (Å²) in [5.41, 5.74) is 1.38. The Hall–Kier alpha value is -1.92. The van der Waals surface area contributed by atoms with Gasteiger partial charge in [-0.05, 0) is 37.1 Å². The first-order valence-corrected chi connectivity index (χ1v) is 9.58. The van der Waals surface area contributed by atoms with E-state index in [0.717, 1.165) is 39.1 Å². The van der Waals surface area contributed by atoms with Crippen LogP contribution in [-0.4, -0.2) is 55.1 Å². The van der Waals surface area contributed by atoms with E-state index in [2.05, 4.69) is 15.5 Å². The fourth-order valence-electron chi connectivity index (χ4n) is 4.11. The Labute approximate surface area is 155 Å². The molecule has 0 atom stereocenters. The Bertz CT molecular complexity index is 618. The van der Waals surface area contributed by atoms with Crippen molar-refractivity contribution in [2.24, 2.45) is 0 Å². The molecule has 0 aromatic heterocycles. The predicted molar refractivity (Wildman–Crippen MR) is 101 cm³/mol. The quantitative estimate of drug-likeness (QED) is 0.847. The van der Waals surface area contributed by atoms with Crippen molar-refractivity contribution in [1.82, 2.24) is 10.2 Å². The summed E-state index contributed by atoms with van der Waals surface area (Å²) in [7, 11) is 0. The molecule has 1 aliphatic carbocycles. The van der Waals surface area contributed by atoms with Gasteiger partial charge >= 0.3 is 0 Å². The molecule has 2 fully saturated rings. The van der Waals surface area contributed by atoms with Crippen molar-refractivity contribution >= 4 is 17.5 Å². The number of hydrogen-bond donors (Lipinski definition) is 2. The van der Waals surface area contributed by atoms with Crippen LogP contribution in [-0.2, 0) is 9.53 Å². The summed E-state index contributed by atoms with van der Waals surface area (Å²) >= 11 is 0. The van der Waals surface area contributed by atoms with Crippen molar-refractivity contribution < 1.29 is 14.3 Å². The van der Waals surface area contributed by atoms with Crippen LogP contribution in [0.5, 0.6) is 0 Å². The molecule has 0 spiro atoms. The molecule has 2 amide bonds. The molecule has 1 aromatic rings. The lowest BCUT2D eigenvalue weighted by atomic mass is 9.79. The molecule has 0 bridgehead atoms. The number of ether oxygens (including phenoxy) is 1. The summed E-state index contributed by atoms with van der Waals surface area (Å²) in [5.74, 6) is -0.176. The molecule has 1 saturated carbocycles. The van der Waals surface area contributed by atoms with Gasteiger partial charge in [-0.3, -0.25) is 14.5 Å². The van der Waals surface area contributed by atoms with Crippen molar-refractivity contribution in [3.05, 3.63) is 29.8 Å². The Morgan fingerprint density at radius 1 is 1.08 bits per heavy atom. The van der Waals surface area contributed by atoms with Gasteiger partial charge in [-0.25, -0.2) is 0 Å². The summed E-state index contributed by atoms with van der Waals surface area (Å²) in [4.78, 5) is 26.2. The molecular formula is C20H29N3O3. The van der Waals surface area contributed by atoms with Crippen molar-refractivity contribution in [2.45, 2.75) is 44.6 Å². The maximum Gasteiger partial charge on any atom is 0.251 e. The highest BCUT2D eigenvalue weighted by Crippen LogP contribution is 2.34. The topological polar surface area (TPSA) is 70.7 Å². The summed E-state index contributed by atoms with van der Waals surface area (Å²) in [6.07, 6.45) is 5.99. The van der Waals surface area contributed by atoms with Gasteiger partial charge in [0.25, 0.3) is 5.91 Å². The van der Waals surface area contributed by atoms with E-state index in [0.29, 0.717) is 17.8 Å². The van der Waals surface area contributed by atoms with Crippen LogP contribution < -0.4 is 10.6 Å². The molecule has 26 heavy (non-hydrogen) atoms. The number of hydrogen-bond acceptors (Lipinski definition) is 4. The van der Waals surface area contributed by atoms with Crippen molar-refractivity contribution in [1.29, 1.82) is 0 Å². The third kappa shape index (κ3) is 4.62. The summed E-state index contributed by atoms with van der Waals surface area (Å²) in [6.45, 7) is 5.60. The first-order valence-electron chi connectivity index (χ1n) is 9.58. The SMILES string of the molecule is CC(=O)Nc1ccc(C(=O)NCC2(N3CCOCC3)CCCCC2)cc1. The van der Waals surface area contributed by atoms with Crippen molar-refractivity contribution in [2.75, 3.05) is 38.2 Å². The molecule has 1 aliphatic heterocycles. The molecule has 1 heterocycles. The number of morpholine rings is 1. The first kappa shape index (κ1) is 18.9. The van der Waals surface area contributed by atoms with E-state index < -0.39 is 0 Å². The zero-order valence-electron chi connectivity index (χ0n) is 15.6. The largest absolute Gasteiger partial charge is 0.379 e. The van der Waals surface area contributed by atoms with Crippen molar-refractivity contribution in [3.63, 3.8) is 0 Å². The molecule has 142 valence electrons. The van der Waals surface area contributed by atoms with Crippen LogP contribution in [0.4, 0.5) is 5.69 Å². The Balaban J connectivity index is 1.62. The van der Waals surface area contributed by atoms with Crippen molar-refractivity contribution in [3.8, 4) is 0 Å². The minimum atomic E-state index is -0.119. The smallest absolute Gasteiger partial charge is 0.251 e. The minimum absolute atomic E-state index is 0.0578. The fourth-order valence-corrected chi connectivity index (χ4v) is 4.11. The second-order valence-electron chi connectivity index (χ2n) is 7.33. The number of anilines is 1. The van der Waals surface area contributed by atoms with E-state index in [1.165, 1.54) is 26.2 Å². The van der Waals surface area contributed by atoms with Crippen LogP contribution in [0.2, 0.25) is 0 Å². The second-order valence-corrected chi connectivity index (χ2v) is 7.33. The molecule has 0 unspecified atom stereocenters. The van der Waals surface area contributed by atoms with Gasteiger partial charge in [0.15, 0.2) is 0 Å². The summed E-state index contributed by atoms with van der Waals surface area (Å²) < 4.78 is 5.51. The van der Waals surface area contributed by atoms with Gasteiger partial charge in [0.2, 0.25) is 5.91 Å². The first-order chi connectivity index (χ1) is 12.6. The number of benzene rings is 1. The van der Waals surface area contributed by atoms with Gasteiger partial charge in [0, 0.05) is 43.3 Å². The maximum atomic E-state index is 12.6. The zero-order valence-corrected chi connectivity index (χ0v) is 15.6. The molecule has 2 aliphatic rings. The number of nitrogens with zero attached hydrogens (tertiary/aromatic N) is 1. The number of amides is 2. The Morgan fingerprint density at radius 3 is 2.35 bits per heavy atom. The highest BCUT2D eigenvalue weighted by molar-refractivity contribution is 5.95.